The largest absolute Gasteiger partial charge is 0.444 e. The summed E-state index contributed by atoms with van der Waals surface area (Å²) in [5.41, 5.74) is 8.32. The molecule has 140 valence electrons. The molecule has 2 aromatic carbocycles. The van der Waals surface area contributed by atoms with E-state index in [0.29, 0.717) is 39.8 Å². The highest BCUT2D eigenvalue weighted by atomic mass is 35.5. The molecule has 2 atom stereocenters. The molecule has 0 radical (unpaired) electrons. The Morgan fingerprint density at radius 2 is 1.82 bits per heavy atom. The average Bonchev–Trinajstić information content (AvgIpc) is 2.69. The summed E-state index contributed by atoms with van der Waals surface area (Å²) in [6, 6.07) is 17.1. The van der Waals surface area contributed by atoms with Crippen LogP contribution < -0.4 is 5.73 Å². The van der Waals surface area contributed by atoms with Gasteiger partial charge in [-0.3, -0.25) is 4.79 Å². The third-order valence-electron chi connectivity index (χ3n) is 5.22. The number of hydrogen-bond acceptors (Lipinski definition) is 4. The molecule has 6 heteroatoms. The van der Waals surface area contributed by atoms with Crippen molar-refractivity contribution < 1.29 is 9.53 Å². The van der Waals surface area contributed by atoms with Crippen molar-refractivity contribution in [1.29, 1.82) is 5.26 Å². The number of hydrogen-bond donors (Lipinski definition) is 1. The Kier molecular flexibility index (Phi) is 4.89. The number of nitriles is 1. The summed E-state index contributed by atoms with van der Waals surface area (Å²) in [6.07, 6.45) is 0.860. The fourth-order valence-electron chi connectivity index (χ4n) is 3.92. The van der Waals surface area contributed by atoms with Crippen molar-refractivity contribution in [3.8, 4) is 6.07 Å². The Bertz CT molecular complexity index is 1070. The molecular formula is C22H16Cl2N2O2. The Labute approximate surface area is 172 Å². The average molecular weight is 411 g/mol. The van der Waals surface area contributed by atoms with E-state index in [2.05, 4.69) is 6.07 Å². The molecule has 0 unspecified atom stereocenters. The van der Waals surface area contributed by atoms with E-state index in [1.165, 1.54) is 0 Å². The SMILES string of the molecule is N#CC1=C(N)OC2=C(C(=O)C[C@@H](c3ccccc3)C2)[C@H]1c1cccc(Cl)c1Cl. The Balaban J connectivity index is 1.84. The van der Waals surface area contributed by atoms with Crippen molar-refractivity contribution in [1.82, 2.24) is 0 Å². The Hall–Kier alpha value is -2.74. The molecular weight excluding hydrogens is 395 g/mol. The van der Waals surface area contributed by atoms with Gasteiger partial charge in [0.2, 0.25) is 5.88 Å². The normalized spacial score (nSPS) is 21.8. The lowest BCUT2D eigenvalue weighted by molar-refractivity contribution is -0.117. The minimum absolute atomic E-state index is 0.000584. The number of Topliss-reactive ketones (excluding diaryl/α,β-unsaturated/α-hetero) is 1. The monoisotopic (exact) mass is 410 g/mol. The van der Waals surface area contributed by atoms with Crippen molar-refractivity contribution in [3.63, 3.8) is 0 Å². The van der Waals surface area contributed by atoms with Gasteiger partial charge >= 0.3 is 0 Å². The summed E-state index contributed by atoms with van der Waals surface area (Å²) >= 11 is 12.6. The minimum atomic E-state index is -0.677. The second-order valence-corrected chi connectivity index (χ2v) is 7.63. The van der Waals surface area contributed by atoms with Gasteiger partial charge in [-0.05, 0) is 23.1 Å². The van der Waals surface area contributed by atoms with E-state index in [1.807, 2.05) is 30.3 Å². The lowest BCUT2D eigenvalue weighted by Crippen LogP contribution is -2.30. The molecule has 4 nitrogen and oxygen atoms in total. The fraction of sp³-hybridized carbons (Fsp3) is 0.182. The van der Waals surface area contributed by atoms with Crippen LogP contribution in [0.3, 0.4) is 0 Å². The summed E-state index contributed by atoms with van der Waals surface area (Å²) < 4.78 is 5.76. The van der Waals surface area contributed by atoms with Crippen molar-refractivity contribution in [2.24, 2.45) is 5.73 Å². The molecule has 0 aromatic heterocycles. The topological polar surface area (TPSA) is 76.1 Å². The molecule has 0 saturated heterocycles. The molecule has 2 aliphatic rings. The number of ether oxygens (including phenoxy) is 1. The van der Waals surface area contributed by atoms with Gasteiger partial charge in [-0.1, -0.05) is 65.7 Å². The van der Waals surface area contributed by atoms with Gasteiger partial charge in [-0.25, -0.2) is 0 Å². The maximum absolute atomic E-state index is 13.2. The smallest absolute Gasteiger partial charge is 0.205 e. The molecule has 1 heterocycles. The van der Waals surface area contributed by atoms with Crippen LogP contribution in [0.25, 0.3) is 0 Å². The minimum Gasteiger partial charge on any atom is -0.444 e. The third-order valence-corrected chi connectivity index (χ3v) is 6.06. The zero-order chi connectivity index (χ0) is 19.8. The van der Waals surface area contributed by atoms with Gasteiger partial charge in [0.05, 0.1) is 16.0 Å². The lowest BCUT2D eigenvalue weighted by atomic mass is 9.73. The van der Waals surface area contributed by atoms with Gasteiger partial charge in [-0.15, -0.1) is 0 Å². The van der Waals surface area contributed by atoms with Crippen LogP contribution in [0.15, 0.2) is 71.3 Å². The number of nitrogens with two attached hydrogens (primary N) is 1. The van der Waals surface area contributed by atoms with Crippen LogP contribution in [-0.2, 0) is 9.53 Å². The maximum atomic E-state index is 13.2. The second kappa shape index (κ2) is 7.35. The highest BCUT2D eigenvalue weighted by molar-refractivity contribution is 6.42. The van der Waals surface area contributed by atoms with Crippen LogP contribution in [-0.4, -0.2) is 5.78 Å². The van der Waals surface area contributed by atoms with Gasteiger partial charge in [0.25, 0.3) is 0 Å². The number of halogens is 2. The van der Waals surface area contributed by atoms with Crippen molar-refractivity contribution >= 4 is 29.0 Å². The molecule has 0 spiro atoms. The van der Waals surface area contributed by atoms with E-state index in [0.717, 1.165) is 5.56 Å². The summed E-state index contributed by atoms with van der Waals surface area (Å²) in [4.78, 5) is 13.2. The first-order chi connectivity index (χ1) is 13.5. The van der Waals surface area contributed by atoms with Crippen molar-refractivity contribution in [2.75, 3.05) is 0 Å². The van der Waals surface area contributed by atoms with Gasteiger partial charge in [0.1, 0.15) is 17.4 Å². The van der Waals surface area contributed by atoms with E-state index < -0.39 is 5.92 Å². The first-order valence-electron chi connectivity index (χ1n) is 8.84. The van der Waals surface area contributed by atoms with Crippen molar-refractivity contribution in [2.45, 2.75) is 24.7 Å². The van der Waals surface area contributed by atoms with Crippen molar-refractivity contribution in [3.05, 3.63) is 92.5 Å². The standard InChI is InChI=1S/C22H16Cl2N2O2/c23-16-8-4-7-14(21(16)24)19-15(11-25)22(26)28-18-10-13(9-17(27)20(18)19)12-5-2-1-3-6-12/h1-8,13,19H,9-10,26H2/t13-,19+/m1/s1. The number of carbonyl (C=O) groups is 1. The zero-order valence-electron chi connectivity index (χ0n) is 14.8. The Morgan fingerprint density at radius 1 is 1.07 bits per heavy atom. The van der Waals surface area contributed by atoms with Crippen LogP contribution in [0.4, 0.5) is 0 Å². The summed E-state index contributed by atoms with van der Waals surface area (Å²) in [5.74, 6) is -0.244. The number of rotatable bonds is 2. The van der Waals surface area contributed by atoms with Crippen LogP contribution >= 0.6 is 23.2 Å². The molecule has 1 aliphatic heterocycles. The lowest BCUT2D eigenvalue weighted by Gasteiger charge is -2.34. The predicted octanol–water partition coefficient (Wildman–Crippen LogP) is 5.20. The van der Waals surface area contributed by atoms with Gasteiger partial charge in [0, 0.05) is 18.4 Å². The van der Waals surface area contributed by atoms with Crippen LogP contribution in [0, 0.1) is 11.3 Å². The van der Waals surface area contributed by atoms with Gasteiger partial charge in [-0.2, -0.15) is 5.26 Å². The van der Waals surface area contributed by atoms with E-state index >= 15 is 0 Å². The first kappa shape index (κ1) is 18.6. The molecule has 4 rings (SSSR count). The highest BCUT2D eigenvalue weighted by Gasteiger charge is 2.41. The number of nitrogens with zero attached hydrogens (tertiary/aromatic N) is 1. The molecule has 0 fully saturated rings. The van der Waals surface area contributed by atoms with E-state index in [1.54, 1.807) is 18.2 Å². The molecule has 1 aliphatic carbocycles. The van der Waals surface area contributed by atoms with Crippen LogP contribution in [0.5, 0.6) is 0 Å². The second-order valence-electron chi connectivity index (χ2n) is 6.84. The zero-order valence-corrected chi connectivity index (χ0v) is 16.3. The first-order valence-corrected chi connectivity index (χ1v) is 9.59. The highest BCUT2D eigenvalue weighted by Crippen LogP contribution is 2.48. The third kappa shape index (κ3) is 3.07. The van der Waals surface area contributed by atoms with Gasteiger partial charge < -0.3 is 10.5 Å². The number of ketones is 1. The molecule has 0 bridgehead atoms. The summed E-state index contributed by atoms with van der Waals surface area (Å²) in [6.45, 7) is 0. The number of allylic oxidation sites excluding steroid dienone is 3. The maximum Gasteiger partial charge on any atom is 0.205 e. The van der Waals surface area contributed by atoms with E-state index in [9.17, 15) is 10.1 Å². The number of benzene rings is 2. The summed E-state index contributed by atoms with van der Waals surface area (Å²) in [7, 11) is 0. The fourth-order valence-corrected chi connectivity index (χ4v) is 4.34. The molecule has 28 heavy (non-hydrogen) atoms. The van der Waals surface area contributed by atoms with Crippen LogP contribution in [0.2, 0.25) is 10.0 Å². The molecule has 2 N–H and O–H groups in total. The van der Waals surface area contributed by atoms with Crippen LogP contribution in [0.1, 0.15) is 35.8 Å². The van der Waals surface area contributed by atoms with E-state index in [-0.39, 0.29) is 23.2 Å². The summed E-state index contributed by atoms with van der Waals surface area (Å²) in [5, 5.41) is 10.3. The molecule has 2 aromatic rings. The Morgan fingerprint density at radius 3 is 2.54 bits per heavy atom. The molecule has 0 amide bonds. The predicted molar refractivity (Wildman–Crippen MR) is 108 cm³/mol. The van der Waals surface area contributed by atoms with Gasteiger partial charge in [0.15, 0.2) is 5.78 Å². The molecule has 0 saturated carbocycles. The number of carbonyl (C=O) groups excluding carboxylic acids is 1. The van der Waals surface area contributed by atoms with E-state index in [4.69, 9.17) is 33.7 Å². The quantitative estimate of drug-likeness (QED) is 0.737.